The number of ether oxygens (including phenoxy) is 2. The Hall–Kier alpha value is -2.63. The predicted molar refractivity (Wildman–Crippen MR) is 140 cm³/mol. The van der Waals surface area contributed by atoms with Crippen molar-refractivity contribution in [2.24, 2.45) is 10.8 Å². The van der Waals surface area contributed by atoms with Crippen LogP contribution in [-0.4, -0.2) is 28.4 Å². The van der Waals surface area contributed by atoms with E-state index in [1.165, 1.54) is 0 Å². The Labute approximate surface area is 210 Å². The molecule has 35 heavy (non-hydrogen) atoms. The molecule has 0 radical (unpaired) electrons. The molecule has 0 amide bonds. The largest absolute Gasteiger partial charge is 0.462 e. The van der Waals surface area contributed by atoms with Crippen LogP contribution in [0.1, 0.15) is 72.6 Å². The monoisotopic (exact) mass is 482 g/mol. The van der Waals surface area contributed by atoms with Gasteiger partial charge in [0.15, 0.2) is 0 Å². The second-order valence-corrected chi connectivity index (χ2v) is 10.6. The number of hydrogen-bond acceptors (Lipinski definition) is 5. The van der Waals surface area contributed by atoms with Gasteiger partial charge < -0.3 is 19.7 Å². The van der Waals surface area contributed by atoms with Crippen LogP contribution in [0.15, 0.2) is 73.0 Å². The highest BCUT2D eigenvalue weighted by molar-refractivity contribution is 5.78. The normalized spacial score (nSPS) is 13.7. The number of hydrogen-bond donors (Lipinski definition) is 2. The molecule has 0 aliphatic heterocycles. The number of allylic oxidation sites excluding steroid dienone is 1. The van der Waals surface area contributed by atoms with Crippen LogP contribution in [0.25, 0.3) is 0 Å². The maximum atomic E-state index is 12.5. The van der Waals surface area contributed by atoms with Crippen molar-refractivity contribution in [2.75, 3.05) is 0 Å². The summed E-state index contributed by atoms with van der Waals surface area (Å²) in [5, 5.41) is 20.9. The topological polar surface area (TPSA) is 76.0 Å². The zero-order valence-electron chi connectivity index (χ0n) is 21.7. The highest BCUT2D eigenvalue weighted by atomic mass is 16.5. The van der Waals surface area contributed by atoms with Crippen molar-refractivity contribution in [3.63, 3.8) is 0 Å². The van der Waals surface area contributed by atoms with Crippen LogP contribution in [0.5, 0.6) is 11.5 Å². The van der Waals surface area contributed by atoms with Gasteiger partial charge in [-0.15, -0.1) is 0 Å². The predicted octanol–water partition coefficient (Wildman–Crippen LogP) is 6.69. The second-order valence-electron chi connectivity index (χ2n) is 10.6. The number of carbonyl (C=O) groups is 1. The summed E-state index contributed by atoms with van der Waals surface area (Å²) in [5.41, 5.74) is -0.956. The lowest BCUT2D eigenvalue weighted by Gasteiger charge is -2.28. The summed E-state index contributed by atoms with van der Waals surface area (Å²) in [6.07, 6.45) is 3.41. The maximum Gasteiger partial charge on any atom is 0.316 e. The van der Waals surface area contributed by atoms with Crippen LogP contribution in [0, 0.1) is 10.8 Å². The fourth-order valence-electron chi connectivity index (χ4n) is 3.68. The van der Waals surface area contributed by atoms with Crippen LogP contribution in [0.4, 0.5) is 0 Å². The number of aliphatic hydroxyl groups is 2. The molecule has 5 nitrogen and oxygen atoms in total. The van der Waals surface area contributed by atoms with Crippen molar-refractivity contribution in [2.45, 2.75) is 84.8 Å². The Morgan fingerprint density at radius 2 is 1.17 bits per heavy atom. The molecule has 0 aliphatic carbocycles. The van der Waals surface area contributed by atoms with E-state index in [4.69, 9.17) is 9.47 Å². The Morgan fingerprint density at radius 3 is 1.66 bits per heavy atom. The number of benzene rings is 2. The van der Waals surface area contributed by atoms with Gasteiger partial charge in [-0.3, -0.25) is 4.79 Å². The minimum absolute atomic E-state index is 0.268. The second kappa shape index (κ2) is 13.5. The van der Waals surface area contributed by atoms with Gasteiger partial charge in [-0.1, -0.05) is 56.8 Å². The van der Waals surface area contributed by atoms with E-state index in [1.807, 2.05) is 62.4 Å². The minimum Gasteiger partial charge on any atom is -0.462 e. The molecule has 2 N–H and O–H groups in total. The number of esters is 1. The summed E-state index contributed by atoms with van der Waals surface area (Å²) in [6, 6.07) is 18.6. The SMILES string of the molecule is C=C(Oc1ccccc1)C(C)(C)CCC(O)CCCC(O)CCC(C)(C)C(=O)Oc1ccccc1. The molecule has 2 aromatic rings. The smallest absolute Gasteiger partial charge is 0.316 e. The van der Waals surface area contributed by atoms with Crippen molar-refractivity contribution in [1.82, 2.24) is 0 Å². The lowest BCUT2D eigenvalue weighted by molar-refractivity contribution is -0.144. The van der Waals surface area contributed by atoms with Gasteiger partial charge in [-0.2, -0.15) is 0 Å². The molecule has 0 saturated carbocycles. The summed E-state index contributed by atoms with van der Waals surface area (Å²) < 4.78 is 11.3. The number of carbonyl (C=O) groups excluding carboxylic acids is 1. The first-order chi connectivity index (χ1) is 16.5. The van der Waals surface area contributed by atoms with Gasteiger partial charge in [-0.25, -0.2) is 0 Å². The van der Waals surface area contributed by atoms with E-state index in [-0.39, 0.29) is 11.4 Å². The molecular formula is C30H42O5. The molecule has 2 atom stereocenters. The molecule has 0 heterocycles. The molecule has 192 valence electrons. The van der Waals surface area contributed by atoms with E-state index < -0.39 is 17.6 Å². The van der Waals surface area contributed by atoms with Gasteiger partial charge in [0.2, 0.25) is 0 Å². The first-order valence-corrected chi connectivity index (χ1v) is 12.6. The third kappa shape index (κ3) is 10.3. The van der Waals surface area contributed by atoms with Gasteiger partial charge in [-0.05, 0) is 83.1 Å². The molecular weight excluding hydrogens is 440 g/mol. The molecule has 0 fully saturated rings. The Kier molecular flexibility index (Phi) is 11.0. The molecule has 0 spiro atoms. The van der Waals surface area contributed by atoms with Crippen molar-refractivity contribution in [3.05, 3.63) is 73.0 Å². The molecule has 0 bridgehead atoms. The van der Waals surface area contributed by atoms with E-state index in [0.717, 1.165) is 18.6 Å². The molecule has 2 unspecified atom stereocenters. The lowest BCUT2D eigenvalue weighted by Crippen LogP contribution is -2.30. The van der Waals surface area contributed by atoms with Crippen molar-refractivity contribution in [3.8, 4) is 11.5 Å². The first kappa shape index (κ1) is 28.6. The van der Waals surface area contributed by atoms with E-state index in [2.05, 4.69) is 20.4 Å². The zero-order chi connectivity index (χ0) is 25.9. The van der Waals surface area contributed by atoms with Gasteiger partial charge in [0.05, 0.1) is 17.6 Å². The Morgan fingerprint density at radius 1 is 0.743 bits per heavy atom. The molecule has 2 rings (SSSR count). The van der Waals surface area contributed by atoms with E-state index in [1.54, 1.807) is 12.1 Å². The Balaban J connectivity index is 1.65. The lowest BCUT2D eigenvalue weighted by atomic mass is 9.84. The molecule has 5 heteroatoms. The molecule has 0 aliphatic rings. The molecule has 0 saturated heterocycles. The molecule has 0 aromatic heterocycles. The van der Waals surface area contributed by atoms with Gasteiger partial charge in [0, 0.05) is 5.41 Å². The highest BCUT2D eigenvalue weighted by Crippen LogP contribution is 2.33. The summed E-state index contributed by atoms with van der Waals surface area (Å²) in [7, 11) is 0. The van der Waals surface area contributed by atoms with Crippen LogP contribution in [0.2, 0.25) is 0 Å². The van der Waals surface area contributed by atoms with Crippen molar-refractivity contribution in [1.29, 1.82) is 0 Å². The third-order valence-electron chi connectivity index (χ3n) is 6.53. The van der Waals surface area contributed by atoms with Gasteiger partial charge >= 0.3 is 5.97 Å². The fraction of sp³-hybridized carbons (Fsp3) is 0.500. The number of para-hydroxylation sites is 2. The highest BCUT2D eigenvalue weighted by Gasteiger charge is 2.30. The Bertz CT molecular complexity index is 829. The number of aliphatic hydroxyl groups excluding tert-OH is 2. The standard InChI is InChI=1S/C30H42O5/c1-23(34-26-15-8-6-9-16-26)29(2,3)21-19-24(31)13-12-14-25(32)20-22-30(4,5)28(33)35-27-17-10-7-11-18-27/h6-11,15-18,24-25,31-32H,1,12-14,19-22H2,2-5H3. The minimum atomic E-state index is -0.688. The van der Waals surface area contributed by atoms with Crippen molar-refractivity contribution < 1.29 is 24.5 Å². The third-order valence-corrected chi connectivity index (χ3v) is 6.53. The van der Waals surface area contributed by atoms with Crippen LogP contribution < -0.4 is 9.47 Å². The zero-order valence-corrected chi connectivity index (χ0v) is 21.7. The first-order valence-electron chi connectivity index (χ1n) is 12.6. The quantitative estimate of drug-likeness (QED) is 0.168. The van der Waals surface area contributed by atoms with Crippen LogP contribution in [0.3, 0.4) is 0 Å². The summed E-state index contributed by atoms with van der Waals surface area (Å²) in [4.78, 5) is 12.5. The number of rotatable bonds is 15. The maximum absolute atomic E-state index is 12.5. The van der Waals surface area contributed by atoms with Gasteiger partial charge in [0.25, 0.3) is 0 Å². The summed E-state index contributed by atoms with van der Waals surface area (Å²) in [5.74, 6) is 1.67. The fourth-order valence-corrected chi connectivity index (χ4v) is 3.68. The van der Waals surface area contributed by atoms with Crippen LogP contribution >= 0.6 is 0 Å². The van der Waals surface area contributed by atoms with E-state index in [9.17, 15) is 15.0 Å². The molecule has 2 aromatic carbocycles. The van der Waals surface area contributed by atoms with Crippen molar-refractivity contribution >= 4 is 5.97 Å². The summed E-state index contributed by atoms with van der Waals surface area (Å²) in [6.45, 7) is 11.9. The van der Waals surface area contributed by atoms with E-state index in [0.29, 0.717) is 43.6 Å². The average Bonchev–Trinajstić information content (AvgIpc) is 2.83. The van der Waals surface area contributed by atoms with Crippen LogP contribution in [-0.2, 0) is 4.79 Å². The van der Waals surface area contributed by atoms with Gasteiger partial charge in [0.1, 0.15) is 17.3 Å². The summed E-state index contributed by atoms with van der Waals surface area (Å²) >= 11 is 0. The van der Waals surface area contributed by atoms with E-state index >= 15 is 0 Å². The average molecular weight is 483 g/mol.